The number of urea groups is 1. The van der Waals surface area contributed by atoms with Gasteiger partial charge in [-0.1, -0.05) is 20.8 Å². The van der Waals surface area contributed by atoms with Gasteiger partial charge in [0.1, 0.15) is 0 Å². The van der Waals surface area contributed by atoms with Crippen molar-refractivity contribution in [1.29, 1.82) is 0 Å². The van der Waals surface area contributed by atoms with E-state index in [1.165, 1.54) is 12.8 Å². The van der Waals surface area contributed by atoms with Gasteiger partial charge in [0.15, 0.2) is 0 Å². The fourth-order valence-corrected chi connectivity index (χ4v) is 4.62. The van der Waals surface area contributed by atoms with Crippen LogP contribution < -0.4 is 0 Å². The molecule has 0 N–H and O–H groups in total. The van der Waals surface area contributed by atoms with Crippen molar-refractivity contribution in [3.8, 4) is 0 Å². The van der Waals surface area contributed by atoms with Crippen LogP contribution in [0.3, 0.4) is 0 Å². The van der Waals surface area contributed by atoms with Crippen molar-refractivity contribution in [2.75, 3.05) is 32.8 Å². The minimum Gasteiger partial charge on any atom is -0.378 e. The van der Waals surface area contributed by atoms with Gasteiger partial charge in [-0.3, -0.25) is 0 Å². The maximum atomic E-state index is 12.7. The third-order valence-electron chi connectivity index (χ3n) is 4.94. The SMILES string of the molecule is CC1(C)C[C@H]2C[C@](C)(CN2C(=O)N2CCOCC2)C1. The number of morpholine rings is 1. The van der Waals surface area contributed by atoms with Gasteiger partial charge in [0.2, 0.25) is 0 Å². The summed E-state index contributed by atoms with van der Waals surface area (Å²) < 4.78 is 5.34. The first-order chi connectivity index (χ1) is 8.89. The Morgan fingerprint density at radius 2 is 1.84 bits per heavy atom. The van der Waals surface area contributed by atoms with Gasteiger partial charge in [-0.25, -0.2) is 4.79 Å². The molecule has 2 atom stereocenters. The number of carbonyl (C=O) groups is 1. The summed E-state index contributed by atoms with van der Waals surface area (Å²) in [6, 6.07) is 0.693. The Kier molecular flexibility index (Phi) is 3.04. The van der Waals surface area contributed by atoms with Gasteiger partial charge in [0, 0.05) is 25.7 Å². The molecular formula is C15H26N2O2. The second kappa shape index (κ2) is 4.37. The molecule has 0 aromatic heterocycles. The molecule has 3 rings (SSSR count). The molecule has 1 aliphatic carbocycles. The van der Waals surface area contributed by atoms with Crippen LogP contribution >= 0.6 is 0 Å². The third kappa shape index (κ3) is 2.47. The Bertz CT molecular complexity index is 376. The Balaban J connectivity index is 1.74. The smallest absolute Gasteiger partial charge is 0.320 e. The minimum absolute atomic E-state index is 0.245. The van der Waals surface area contributed by atoms with Crippen molar-refractivity contribution in [3.05, 3.63) is 0 Å². The first-order valence-corrected chi connectivity index (χ1v) is 7.52. The van der Waals surface area contributed by atoms with Crippen LogP contribution in [0.5, 0.6) is 0 Å². The molecule has 3 aliphatic rings. The molecule has 3 fully saturated rings. The molecule has 0 aromatic rings. The van der Waals surface area contributed by atoms with Gasteiger partial charge in [-0.2, -0.15) is 0 Å². The van der Waals surface area contributed by atoms with Gasteiger partial charge in [-0.15, -0.1) is 0 Å². The number of likely N-dealkylation sites (tertiary alicyclic amines) is 1. The molecule has 2 bridgehead atoms. The van der Waals surface area contributed by atoms with Crippen LogP contribution in [-0.2, 0) is 4.74 Å². The molecule has 0 unspecified atom stereocenters. The van der Waals surface area contributed by atoms with Gasteiger partial charge in [0.25, 0.3) is 0 Å². The standard InChI is InChI=1S/C15H26N2O2/c1-14(2)8-12-9-15(3,10-14)11-17(12)13(18)16-4-6-19-7-5-16/h12H,4-11H2,1-3H3/t12-,15-/m0/s1. The summed E-state index contributed by atoms with van der Waals surface area (Å²) in [5.74, 6) is 0. The number of nitrogens with zero attached hydrogens (tertiary/aromatic N) is 2. The van der Waals surface area contributed by atoms with E-state index in [0.29, 0.717) is 30.1 Å². The molecular weight excluding hydrogens is 240 g/mol. The highest BCUT2D eigenvalue weighted by Crippen LogP contribution is 2.52. The number of hydrogen-bond acceptors (Lipinski definition) is 2. The highest BCUT2D eigenvalue weighted by atomic mass is 16.5. The zero-order valence-corrected chi connectivity index (χ0v) is 12.4. The molecule has 2 saturated heterocycles. The quantitative estimate of drug-likeness (QED) is 0.674. The van der Waals surface area contributed by atoms with Gasteiger partial charge in [0.05, 0.1) is 13.2 Å². The largest absolute Gasteiger partial charge is 0.378 e. The molecule has 2 heterocycles. The maximum absolute atomic E-state index is 12.7. The Labute approximate surface area is 116 Å². The summed E-state index contributed by atoms with van der Waals surface area (Å²) in [5.41, 5.74) is 0.700. The van der Waals surface area contributed by atoms with E-state index in [0.717, 1.165) is 26.1 Å². The number of amides is 2. The maximum Gasteiger partial charge on any atom is 0.320 e. The fourth-order valence-electron chi connectivity index (χ4n) is 4.62. The molecule has 4 heteroatoms. The van der Waals surface area contributed by atoms with Crippen LogP contribution in [0.15, 0.2) is 0 Å². The highest BCUT2D eigenvalue weighted by molar-refractivity contribution is 5.75. The third-order valence-corrected chi connectivity index (χ3v) is 4.94. The van der Waals surface area contributed by atoms with E-state index in [1.807, 2.05) is 4.90 Å². The Morgan fingerprint density at radius 3 is 2.53 bits per heavy atom. The molecule has 4 nitrogen and oxygen atoms in total. The first-order valence-electron chi connectivity index (χ1n) is 7.52. The van der Waals surface area contributed by atoms with E-state index in [2.05, 4.69) is 25.7 Å². The summed E-state index contributed by atoms with van der Waals surface area (Å²) in [6.07, 6.45) is 3.58. The lowest BCUT2D eigenvalue weighted by Crippen LogP contribution is -2.50. The average Bonchev–Trinajstić information content (AvgIpc) is 2.59. The van der Waals surface area contributed by atoms with Crippen LogP contribution in [0, 0.1) is 10.8 Å². The molecule has 2 amide bonds. The minimum atomic E-state index is 0.245. The molecule has 108 valence electrons. The van der Waals surface area contributed by atoms with E-state index in [1.54, 1.807) is 0 Å². The van der Waals surface area contributed by atoms with Crippen molar-refractivity contribution in [3.63, 3.8) is 0 Å². The lowest BCUT2D eigenvalue weighted by atomic mass is 9.65. The number of carbonyl (C=O) groups excluding carboxylic acids is 1. The number of hydrogen-bond donors (Lipinski definition) is 0. The van der Waals surface area contributed by atoms with Crippen LogP contribution in [0.2, 0.25) is 0 Å². The summed E-state index contributed by atoms with van der Waals surface area (Å²) in [5, 5.41) is 0. The molecule has 0 spiro atoms. The van der Waals surface area contributed by atoms with Gasteiger partial charge < -0.3 is 14.5 Å². The predicted octanol–water partition coefficient (Wildman–Crippen LogP) is 2.34. The predicted molar refractivity (Wildman–Crippen MR) is 74.0 cm³/mol. The zero-order valence-electron chi connectivity index (χ0n) is 12.4. The topological polar surface area (TPSA) is 32.8 Å². The summed E-state index contributed by atoms with van der Waals surface area (Å²) in [4.78, 5) is 16.8. The Hall–Kier alpha value is -0.770. The van der Waals surface area contributed by atoms with Crippen LogP contribution in [0.4, 0.5) is 4.79 Å². The fraction of sp³-hybridized carbons (Fsp3) is 0.933. The van der Waals surface area contributed by atoms with E-state index in [4.69, 9.17) is 4.74 Å². The van der Waals surface area contributed by atoms with Crippen molar-refractivity contribution in [1.82, 2.24) is 9.80 Å². The van der Waals surface area contributed by atoms with Crippen LogP contribution in [-0.4, -0.2) is 54.7 Å². The first kappa shape index (κ1) is 13.2. The monoisotopic (exact) mass is 266 g/mol. The second-order valence-electron chi connectivity index (χ2n) is 7.72. The van der Waals surface area contributed by atoms with E-state index >= 15 is 0 Å². The van der Waals surface area contributed by atoms with E-state index in [9.17, 15) is 4.79 Å². The average molecular weight is 266 g/mol. The summed E-state index contributed by atoms with van der Waals surface area (Å²) in [7, 11) is 0. The summed E-state index contributed by atoms with van der Waals surface area (Å²) in [6.45, 7) is 10.9. The second-order valence-corrected chi connectivity index (χ2v) is 7.72. The molecule has 0 aromatic carbocycles. The normalized spacial score (nSPS) is 37.5. The lowest BCUT2D eigenvalue weighted by Gasteiger charge is -2.40. The van der Waals surface area contributed by atoms with Crippen molar-refractivity contribution < 1.29 is 9.53 Å². The van der Waals surface area contributed by atoms with Crippen molar-refractivity contribution >= 4 is 6.03 Å². The number of fused-ring (bicyclic) bond motifs is 2. The molecule has 2 aliphatic heterocycles. The number of rotatable bonds is 0. The molecule has 1 saturated carbocycles. The number of ether oxygens (including phenoxy) is 1. The van der Waals surface area contributed by atoms with Crippen molar-refractivity contribution in [2.24, 2.45) is 10.8 Å². The molecule has 19 heavy (non-hydrogen) atoms. The highest BCUT2D eigenvalue weighted by Gasteiger charge is 2.51. The van der Waals surface area contributed by atoms with Gasteiger partial charge in [-0.05, 0) is 30.1 Å². The summed E-state index contributed by atoms with van der Waals surface area (Å²) >= 11 is 0. The van der Waals surface area contributed by atoms with E-state index < -0.39 is 0 Å². The lowest BCUT2D eigenvalue weighted by molar-refractivity contribution is 0.0410. The van der Waals surface area contributed by atoms with Crippen LogP contribution in [0.1, 0.15) is 40.0 Å². The zero-order chi connectivity index (χ0) is 13.7. The van der Waals surface area contributed by atoms with Gasteiger partial charge >= 0.3 is 6.03 Å². The van der Waals surface area contributed by atoms with E-state index in [-0.39, 0.29) is 6.03 Å². The van der Waals surface area contributed by atoms with Crippen LogP contribution in [0.25, 0.3) is 0 Å². The van der Waals surface area contributed by atoms with Crippen molar-refractivity contribution in [2.45, 2.75) is 46.1 Å². The Morgan fingerprint density at radius 1 is 1.16 bits per heavy atom. The molecule has 0 radical (unpaired) electrons.